The van der Waals surface area contributed by atoms with Crippen LogP contribution in [0.15, 0.2) is 60.7 Å². The van der Waals surface area contributed by atoms with Gasteiger partial charge in [0.1, 0.15) is 12.6 Å². The van der Waals surface area contributed by atoms with Crippen LogP contribution in [-0.2, 0) is 25.7 Å². The zero-order valence-corrected chi connectivity index (χ0v) is 19.8. The van der Waals surface area contributed by atoms with E-state index in [1.54, 1.807) is 37.3 Å². The molecule has 0 bridgehead atoms. The van der Waals surface area contributed by atoms with Crippen LogP contribution < -0.4 is 10.6 Å². The third-order valence-corrected chi connectivity index (χ3v) is 5.65. The first-order valence-corrected chi connectivity index (χ1v) is 11.7. The molecule has 3 rings (SSSR count). The van der Waals surface area contributed by atoms with Crippen LogP contribution in [0.4, 0.5) is 4.79 Å². The first-order chi connectivity index (χ1) is 17.0. The molecule has 0 aromatic heterocycles. The number of benzene rings is 2. The maximum Gasteiger partial charge on any atom is 0.410 e. The Bertz CT molecular complexity index is 999. The number of carbonyl (C=O) groups excluding carboxylic acids is 4. The highest BCUT2D eigenvalue weighted by Crippen LogP contribution is 2.18. The summed E-state index contributed by atoms with van der Waals surface area (Å²) in [5, 5.41) is 5.36. The van der Waals surface area contributed by atoms with Gasteiger partial charge >= 0.3 is 12.1 Å². The molecule has 35 heavy (non-hydrogen) atoms. The van der Waals surface area contributed by atoms with Crippen LogP contribution in [0.2, 0.25) is 0 Å². The zero-order valence-electron chi connectivity index (χ0n) is 19.8. The fourth-order valence-corrected chi connectivity index (χ4v) is 3.78. The summed E-state index contributed by atoms with van der Waals surface area (Å²) in [6, 6.07) is 16.8. The molecule has 2 aromatic carbocycles. The highest BCUT2D eigenvalue weighted by atomic mass is 16.6. The van der Waals surface area contributed by atoms with Gasteiger partial charge in [0.25, 0.3) is 5.91 Å². The van der Waals surface area contributed by atoms with Crippen molar-refractivity contribution < 1.29 is 28.7 Å². The fraction of sp³-hybridized carbons (Fsp3) is 0.385. The Morgan fingerprint density at radius 1 is 1.00 bits per heavy atom. The van der Waals surface area contributed by atoms with E-state index < -0.39 is 29.9 Å². The van der Waals surface area contributed by atoms with Gasteiger partial charge in [-0.1, -0.05) is 48.5 Å². The topological polar surface area (TPSA) is 114 Å². The molecule has 1 fully saturated rings. The lowest BCUT2D eigenvalue weighted by molar-refractivity contribution is -0.145. The predicted molar refractivity (Wildman–Crippen MR) is 128 cm³/mol. The molecule has 1 saturated heterocycles. The fourth-order valence-electron chi connectivity index (χ4n) is 3.78. The second-order valence-electron chi connectivity index (χ2n) is 8.21. The van der Waals surface area contributed by atoms with E-state index in [9.17, 15) is 19.2 Å². The van der Waals surface area contributed by atoms with Crippen molar-refractivity contribution in [1.82, 2.24) is 15.5 Å². The van der Waals surface area contributed by atoms with E-state index in [2.05, 4.69) is 10.6 Å². The standard InChI is InChI=1S/C26H31N3O6/c1-2-34-25(32)22(28-24(31)20-12-7-4-8-13-20)16-27-23(30)21-14-9-15-29(17-21)26(33)35-18-19-10-5-3-6-11-19/h3-8,10-13,21-22H,2,9,14-18H2,1H3,(H,27,30)(H,28,31)/t21-,22?/m1/s1. The van der Waals surface area contributed by atoms with Crippen molar-refractivity contribution in [2.75, 3.05) is 26.2 Å². The maximum atomic E-state index is 12.8. The number of hydrogen-bond acceptors (Lipinski definition) is 6. The Morgan fingerprint density at radius 2 is 1.69 bits per heavy atom. The molecule has 9 nitrogen and oxygen atoms in total. The van der Waals surface area contributed by atoms with E-state index >= 15 is 0 Å². The molecular weight excluding hydrogens is 450 g/mol. The molecule has 0 aliphatic carbocycles. The summed E-state index contributed by atoms with van der Waals surface area (Å²) in [5.74, 6) is -1.82. The quantitative estimate of drug-likeness (QED) is 0.532. The second kappa shape index (κ2) is 13.1. The molecule has 0 radical (unpaired) electrons. The van der Waals surface area contributed by atoms with E-state index in [-0.39, 0.29) is 32.2 Å². The minimum atomic E-state index is -1.04. The molecule has 0 saturated carbocycles. The highest BCUT2D eigenvalue weighted by Gasteiger charge is 2.30. The molecule has 1 aliphatic rings. The molecule has 186 valence electrons. The first kappa shape index (κ1) is 25.7. The summed E-state index contributed by atoms with van der Waals surface area (Å²) in [7, 11) is 0. The van der Waals surface area contributed by atoms with Gasteiger partial charge in [-0.3, -0.25) is 9.59 Å². The maximum absolute atomic E-state index is 12.8. The molecule has 1 aliphatic heterocycles. The van der Waals surface area contributed by atoms with Gasteiger partial charge in [-0.2, -0.15) is 0 Å². The number of ether oxygens (including phenoxy) is 2. The smallest absolute Gasteiger partial charge is 0.410 e. The van der Waals surface area contributed by atoms with Crippen molar-refractivity contribution in [1.29, 1.82) is 0 Å². The summed E-state index contributed by atoms with van der Waals surface area (Å²) in [6.07, 6.45) is 0.796. The molecule has 9 heteroatoms. The van der Waals surface area contributed by atoms with Gasteiger partial charge in [-0.15, -0.1) is 0 Å². The van der Waals surface area contributed by atoms with Crippen molar-refractivity contribution in [3.05, 3.63) is 71.8 Å². The highest BCUT2D eigenvalue weighted by molar-refractivity contribution is 5.97. The number of esters is 1. The Morgan fingerprint density at radius 3 is 2.37 bits per heavy atom. The SMILES string of the molecule is CCOC(=O)C(CNC(=O)[C@@H]1CCCN(C(=O)OCc2ccccc2)C1)NC(=O)c1ccccc1. The van der Waals surface area contributed by atoms with Gasteiger partial charge in [0.05, 0.1) is 12.5 Å². The molecule has 1 heterocycles. The summed E-state index contributed by atoms with van der Waals surface area (Å²) in [5.41, 5.74) is 1.28. The van der Waals surface area contributed by atoms with Gasteiger partial charge in [0, 0.05) is 25.2 Å². The van der Waals surface area contributed by atoms with Crippen LogP contribution in [0.5, 0.6) is 0 Å². The third kappa shape index (κ3) is 7.84. The lowest BCUT2D eigenvalue weighted by Crippen LogP contribution is -2.51. The van der Waals surface area contributed by atoms with Gasteiger partial charge in [-0.25, -0.2) is 9.59 Å². The minimum absolute atomic E-state index is 0.120. The van der Waals surface area contributed by atoms with E-state index in [0.29, 0.717) is 24.9 Å². The molecule has 2 aromatic rings. The molecule has 0 spiro atoms. The number of amides is 3. The number of likely N-dealkylation sites (tertiary alicyclic amines) is 1. The normalized spacial score (nSPS) is 16.0. The average molecular weight is 482 g/mol. The lowest BCUT2D eigenvalue weighted by Gasteiger charge is -2.31. The Hall–Kier alpha value is -3.88. The minimum Gasteiger partial charge on any atom is -0.464 e. The monoisotopic (exact) mass is 481 g/mol. The summed E-state index contributed by atoms with van der Waals surface area (Å²) in [6.45, 7) is 2.59. The van der Waals surface area contributed by atoms with E-state index in [4.69, 9.17) is 9.47 Å². The van der Waals surface area contributed by atoms with Crippen molar-refractivity contribution >= 4 is 23.9 Å². The van der Waals surface area contributed by atoms with Gasteiger partial charge < -0.3 is 25.0 Å². The van der Waals surface area contributed by atoms with E-state index in [1.165, 1.54) is 4.90 Å². The van der Waals surface area contributed by atoms with E-state index in [0.717, 1.165) is 5.56 Å². The van der Waals surface area contributed by atoms with Crippen LogP contribution >= 0.6 is 0 Å². The Labute approximate surface area is 204 Å². The van der Waals surface area contributed by atoms with Crippen LogP contribution in [0, 0.1) is 5.92 Å². The first-order valence-electron chi connectivity index (χ1n) is 11.7. The summed E-state index contributed by atoms with van der Waals surface area (Å²) >= 11 is 0. The third-order valence-electron chi connectivity index (χ3n) is 5.65. The van der Waals surface area contributed by atoms with Crippen molar-refractivity contribution in [3.63, 3.8) is 0 Å². The number of nitrogens with one attached hydrogen (secondary N) is 2. The van der Waals surface area contributed by atoms with Crippen molar-refractivity contribution in [3.8, 4) is 0 Å². The van der Waals surface area contributed by atoms with Crippen LogP contribution in [0.25, 0.3) is 0 Å². The largest absolute Gasteiger partial charge is 0.464 e. The second-order valence-corrected chi connectivity index (χ2v) is 8.21. The number of rotatable bonds is 9. The van der Waals surface area contributed by atoms with Gasteiger partial charge in [0.15, 0.2) is 0 Å². The molecule has 2 N–H and O–H groups in total. The Kier molecular flexibility index (Phi) is 9.65. The number of hydrogen-bond donors (Lipinski definition) is 2. The van der Waals surface area contributed by atoms with Crippen molar-refractivity contribution in [2.45, 2.75) is 32.4 Å². The summed E-state index contributed by atoms with van der Waals surface area (Å²) < 4.78 is 10.4. The number of piperidine rings is 1. The van der Waals surface area contributed by atoms with Crippen LogP contribution in [0.1, 0.15) is 35.7 Å². The van der Waals surface area contributed by atoms with Gasteiger partial charge in [0.2, 0.25) is 5.91 Å². The van der Waals surface area contributed by atoms with Crippen LogP contribution in [-0.4, -0.2) is 61.1 Å². The molecule has 3 amide bonds. The molecular formula is C26H31N3O6. The number of nitrogens with zero attached hydrogens (tertiary/aromatic N) is 1. The summed E-state index contributed by atoms with van der Waals surface area (Å²) in [4.78, 5) is 51.7. The lowest BCUT2D eigenvalue weighted by atomic mass is 9.97. The van der Waals surface area contributed by atoms with Crippen LogP contribution in [0.3, 0.4) is 0 Å². The van der Waals surface area contributed by atoms with Crippen molar-refractivity contribution in [2.24, 2.45) is 5.92 Å². The Balaban J connectivity index is 1.52. The predicted octanol–water partition coefficient (Wildman–Crippen LogP) is 2.51. The van der Waals surface area contributed by atoms with E-state index in [1.807, 2.05) is 30.3 Å². The van der Waals surface area contributed by atoms with Gasteiger partial charge in [-0.05, 0) is 37.5 Å². The molecule has 1 unspecified atom stereocenters. The average Bonchev–Trinajstić information content (AvgIpc) is 2.90. The zero-order chi connectivity index (χ0) is 25.0. The molecule has 2 atom stereocenters. The number of carbonyl (C=O) groups is 4.